The van der Waals surface area contributed by atoms with Gasteiger partial charge in [0.05, 0.1) is 16.4 Å². The van der Waals surface area contributed by atoms with Crippen molar-refractivity contribution in [3.05, 3.63) is 52.7 Å². The van der Waals surface area contributed by atoms with E-state index in [4.69, 9.17) is 0 Å². The Morgan fingerprint density at radius 1 is 1.12 bits per heavy atom. The standard InChI is InChI=1S/C12H7FN2O/c13-9-5-1-3-7-10-8(4-2-6-14-10)12(16)15-11(7)9/h1-6H,(H,15,16). The molecule has 0 saturated heterocycles. The number of nitrogens with zero attached hydrogens (tertiary/aromatic N) is 1. The van der Waals surface area contributed by atoms with Gasteiger partial charge in [0.25, 0.3) is 5.56 Å². The van der Waals surface area contributed by atoms with Crippen LogP contribution in [-0.2, 0) is 0 Å². The Labute approximate surface area is 89.6 Å². The molecule has 0 unspecified atom stereocenters. The van der Waals surface area contributed by atoms with Crippen molar-refractivity contribution in [1.82, 2.24) is 9.97 Å². The maximum atomic E-state index is 13.5. The first-order chi connectivity index (χ1) is 7.77. The Balaban J connectivity index is 2.70. The van der Waals surface area contributed by atoms with Gasteiger partial charge in [0.15, 0.2) is 0 Å². The van der Waals surface area contributed by atoms with Crippen molar-refractivity contribution in [2.24, 2.45) is 0 Å². The molecule has 1 N–H and O–H groups in total. The molecule has 0 aliphatic heterocycles. The largest absolute Gasteiger partial charge is 0.319 e. The van der Waals surface area contributed by atoms with Gasteiger partial charge in [-0.3, -0.25) is 9.78 Å². The van der Waals surface area contributed by atoms with Crippen molar-refractivity contribution >= 4 is 21.8 Å². The third kappa shape index (κ3) is 1.13. The zero-order valence-corrected chi connectivity index (χ0v) is 8.20. The van der Waals surface area contributed by atoms with Crippen LogP contribution in [0.4, 0.5) is 4.39 Å². The molecule has 0 bridgehead atoms. The number of hydrogen-bond acceptors (Lipinski definition) is 2. The van der Waals surface area contributed by atoms with Gasteiger partial charge in [-0.15, -0.1) is 0 Å². The lowest BCUT2D eigenvalue weighted by Gasteiger charge is -2.02. The summed E-state index contributed by atoms with van der Waals surface area (Å²) in [7, 11) is 0. The molecule has 16 heavy (non-hydrogen) atoms. The van der Waals surface area contributed by atoms with Crippen molar-refractivity contribution in [3.8, 4) is 0 Å². The second-order valence-electron chi connectivity index (χ2n) is 3.52. The summed E-state index contributed by atoms with van der Waals surface area (Å²) in [6, 6.07) is 8.01. The van der Waals surface area contributed by atoms with Gasteiger partial charge in [-0.1, -0.05) is 12.1 Å². The van der Waals surface area contributed by atoms with Gasteiger partial charge < -0.3 is 4.98 Å². The van der Waals surface area contributed by atoms with E-state index in [-0.39, 0.29) is 11.1 Å². The number of para-hydroxylation sites is 1. The highest BCUT2D eigenvalue weighted by Crippen LogP contribution is 2.20. The first kappa shape index (κ1) is 9.03. The van der Waals surface area contributed by atoms with E-state index >= 15 is 0 Å². The van der Waals surface area contributed by atoms with Crippen molar-refractivity contribution in [3.63, 3.8) is 0 Å². The molecule has 0 spiro atoms. The van der Waals surface area contributed by atoms with Crippen molar-refractivity contribution in [1.29, 1.82) is 0 Å². The molecule has 0 aliphatic rings. The summed E-state index contributed by atoms with van der Waals surface area (Å²) < 4.78 is 13.5. The highest BCUT2D eigenvalue weighted by molar-refractivity contribution is 6.02. The number of H-pyrrole nitrogens is 1. The molecule has 2 heterocycles. The minimum absolute atomic E-state index is 0.207. The number of benzene rings is 1. The van der Waals surface area contributed by atoms with E-state index in [9.17, 15) is 9.18 Å². The summed E-state index contributed by atoms with van der Waals surface area (Å²) in [6.07, 6.45) is 1.59. The minimum Gasteiger partial charge on any atom is -0.319 e. The van der Waals surface area contributed by atoms with Crippen LogP contribution in [0.3, 0.4) is 0 Å². The average Bonchev–Trinajstić information content (AvgIpc) is 2.31. The Bertz CT molecular complexity index is 749. The predicted molar refractivity (Wildman–Crippen MR) is 59.8 cm³/mol. The van der Waals surface area contributed by atoms with Crippen LogP contribution in [-0.4, -0.2) is 9.97 Å². The lowest BCUT2D eigenvalue weighted by molar-refractivity contribution is 0.636. The molecule has 2 aromatic heterocycles. The molecule has 1 aromatic carbocycles. The first-order valence-corrected chi connectivity index (χ1v) is 4.82. The van der Waals surface area contributed by atoms with Crippen molar-refractivity contribution < 1.29 is 4.39 Å². The maximum Gasteiger partial charge on any atom is 0.257 e. The van der Waals surface area contributed by atoms with E-state index in [2.05, 4.69) is 9.97 Å². The van der Waals surface area contributed by atoms with Crippen LogP contribution >= 0.6 is 0 Å². The van der Waals surface area contributed by atoms with E-state index in [1.807, 2.05) is 0 Å². The fourth-order valence-corrected chi connectivity index (χ4v) is 1.83. The maximum absolute atomic E-state index is 13.5. The Kier molecular flexibility index (Phi) is 1.77. The number of rotatable bonds is 0. The summed E-state index contributed by atoms with van der Waals surface area (Å²) in [6.45, 7) is 0. The zero-order chi connectivity index (χ0) is 11.1. The molecule has 0 atom stereocenters. The van der Waals surface area contributed by atoms with Crippen molar-refractivity contribution in [2.75, 3.05) is 0 Å². The molecule has 0 fully saturated rings. The normalized spacial score (nSPS) is 11.1. The highest BCUT2D eigenvalue weighted by atomic mass is 19.1. The Morgan fingerprint density at radius 3 is 2.81 bits per heavy atom. The van der Waals surface area contributed by atoms with Crippen LogP contribution in [0, 0.1) is 5.82 Å². The average molecular weight is 214 g/mol. The van der Waals surface area contributed by atoms with Crippen LogP contribution in [0.2, 0.25) is 0 Å². The molecule has 0 saturated carbocycles. The Hall–Kier alpha value is -2.23. The van der Waals surface area contributed by atoms with Gasteiger partial charge in [-0.2, -0.15) is 0 Å². The predicted octanol–water partition coefficient (Wildman–Crippen LogP) is 2.22. The molecule has 0 radical (unpaired) electrons. The highest BCUT2D eigenvalue weighted by Gasteiger charge is 2.07. The fraction of sp³-hybridized carbons (Fsp3) is 0. The summed E-state index contributed by atoms with van der Waals surface area (Å²) >= 11 is 0. The molecule has 4 heteroatoms. The monoisotopic (exact) mass is 214 g/mol. The number of hydrogen-bond donors (Lipinski definition) is 1. The number of aromatic amines is 1. The molecular formula is C12H7FN2O. The van der Waals surface area contributed by atoms with Crippen LogP contribution in [0.5, 0.6) is 0 Å². The van der Waals surface area contributed by atoms with Gasteiger partial charge in [0.2, 0.25) is 0 Å². The third-order valence-corrected chi connectivity index (χ3v) is 2.56. The molecular weight excluding hydrogens is 207 g/mol. The first-order valence-electron chi connectivity index (χ1n) is 4.82. The third-order valence-electron chi connectivity index (χ3n) is 2.56. The molecule has 3 aromatic rings. The van der Waals surface area contributed by atoms with E-state index in [1.165, 1.54) is 6.07 Å². The lowest BCUT2D eigenvalue weighted by atomic mass is 10.1. The summed E-state index contributed by atoms with van der Waals surface area (Å²) in [4.78, 5) is 18.3. The number of aromatic nitrogens is 2. The number of fused-ring (bicyclic) bond motifs is 3. The molecule has 78 valence electrons. The van der Waals surface area contributed by atoms with E-state index in [0.717, 1.165) is 0 Å². The molecule has 0 aliphatic carbocycles. The smallest absolute Gasteiger partial charge is 0.257 e. The number of pyridine rings is 2. The van der Waals surface area contributed by atoms with Crippen molar-refractivity contribution in [2.45, 2.75) is 0 Å². The molecule has 0 amide bonds. The van der Waals surface area contributed by atoms with Crippen LogP contribution in [0.15, 0.2) is 41.3 Å². The summed E-state index contributed by atoms with van der Waals surface area (Å²) in [5.41, 5.74) is 0.417. The van der Waals surface area contributed by atoms with Crippen LogP contribution in [0.1, 0.15) is 0 Å². The van der Waals surface area contributed by atoms with Crippen LogP contribution in [0.25, 0.3) is 21.8 Å². The van der Waals surface area contributed by atoms with Gasteiger partial charge in [-0.05, 0) is 18.2 Å². The summed E-state index contributed by atoms with van der Waals surface area (Å²) in [5, 5.41) is 1.09. The van der Waals surface area contributed by atoms with E-state index in [1.54, 1.807) is 30.5 Å². The molecule has 3 rings (SSSR count). The van der Waals surface area contributed by atoms with E-state index in [0.29, 0.717) is 16.3 Å². The van der Waals surface area contributed by atoms with E-state index < -0.39 is 5.82 Å². The Morgan fingerprint density at radius 2 is 1.94 bits per heavy atom. The van der Waals surface area contributed by atoms with Gasteiger partial charge >= 0.3 is 0 Å². The fourth-order valence-electron chi connectivity index (χ4n) is 1.83. The second kappa shape index (κ2) is 3.13. The zero-order valence-electron chi connectivity index (χ0n) is 8.20. The van der Waals surface area contributed by atoms with Gasteiger partial charge in [0, 0.05) is 11.6 Å². The number of halogens is 1. The van der Waals surface area contributed by atoms with Crippen LogP contribution < -0.4 is 5.56 Å². The second-order valence-corrected chi connectivity index (χ2v) is 3.52. The summed E-state index contributed by atoms with van der Waals surface area (Å²) in [5.74, 6) is -0.442. The quantitative estimate of drug-likeness (QED) is 0.583. The topological polar surface area (TPSA) is 45.8 Å². The lowest BCUT2D eigenvalue weighted by Crippen LogP contribution is -2.07. The molecule has 3 nitrogen and oxygen atoms in total. The SMILES string of the molecule is O=c1[nH]c2c(F)cccc2c2ncccc12. The van der Waals surface area contributed by atoms with Gasteiger partial charge in [-0.25, -0.2) is 4.39 Å². The van der Waals surface area contributed by atoms with Gasteiger partial charge in [0.1, 0.15) is 5.82 Å². The number of nitrogens with one attached hydrogen (secondary N) is 1. The minimum atomic E-state index is -0.442.